The van der Waals surface area contributed by atoms with Crippen molar-refractivity contribution in [2.45, 2.75) is 37.5 Å². The number of piperidine rings is 1. The third-order valence-electron chi connectivity index (χ3n) is 6.06. The van der Waals surface area contributed by atoms with Crippen LogP contribution in [0.5, 0.6) is 5.75 Å². The van der Waals surface area contributed by atoms with Crippen LogP contribution < -0.4 is 15.6 Å². The van der Waals surface area contributed by atoms with Gasteiger partial charge in [-0.3, -0.25) is 14.2 Å². The summed E-state index contributed by atoms with van der Waals surface area (Å²) in [5, 5.41) is 4.27. The number of methoxy groups -OCH3 is 1. The first-order valence-corrected chi connectivity index (χ1v) is 12.3. The van der Waals surface area contributed by atoms with Gasteiger partial charge in [-0.15, -0.1) is 0 Å². The number of thioether (sulfide) groups is 1. The van der Waals surface area contributed by atoms with Crippen molar-refractivity contribution in [3.8, 4) is 5.75 Å². The van der Waals surface area contributed by atoms with Crippen molar-refractivity contribution in [1.82, 2.24) is 19.8 Å². The Hall–Kier alpha value is -2.84. The molecule has 0 atom stereocenters. The molecule has 2 aromatic carbocycles. The van der Waals surface area contributed by atoms with E-state index in [1.54, 1.807) is 17.7 Å². The number of ether oxygens (including phenoxy) is 1. The van der Waals surface area contributed by atoms with Gasteiger partial charge in [0, 0.05) is 19.1 Å². The number of aromatic nitrogens is 2. The molecule has 1 fully saturated rings. The number of para-hydroxylation sites is 1. The second-order valence-electron chi connectivity index (χ2n) is 8.22. The highest BCUT2D eigenvalue weighted by Crippen LogP contribution is 2.20. The highest BCUT2D eigenvalue weighted by molar-refractivity contribution is 7.99. The minimum atomic E-state index is -0.105. The van der Waals surface area contributed by atoms with Crippen LogP contribution in [0.25, 0.3) is 10.9 Å². The molecule has 3 aromatic rings. The number of rotatable bonds is 8. The van der Waals surface area contributed by atoms with Crippen molar-refractivity contribution >= 4 is 28.6 Å². The summed E-state index contributed by atoms with van der Waals surface area (Å²) in [6.45, 7) is 5.62. The fourth-order valence-electron chi connectivity index (χ4n) is 4.10. The van der Waals surface area contributed by atoms with Gasteiger partial charge >= 0.3 is 0 Å². The monoisotopic (exact) mass is 466 g/mol. The Kier molecular flexibility index (Phi) is 7.67. The fraction of sp³-hybridized carbons (Fsp3) is 0.400. The molecule has 2 heterocycles. The first-order chi connectivity index (χ1) is 16.1. The van der Waals surface area contributed by atoms with Crippen molar-refractivity contribution in [2.75, 3.05) is 32.5 Å². The van der Waals surface area contributed by atoms with Crippen LogP contribution in [-0.4, -0.2) is 58.9 Å². The summed E-state index contributed by atoms with van der Waals surface area (Å²) in [7, 11) is 1.62. The van der Waals surface area contributed by atoms with Gasteiger partial charge in [-0.2, -0.15) is 0 Å². The first kappa shape index (κ1) is 23.3. The van der Waals surface area contributed by atoms with Crippen molar-refractivity contribution in [3.05, 3.63) is 64.4 Å². The molecule has 0 bridgehead atoms. The van der Waals surface area contributed by atoms with Gasteiger partial charge in [0.2, 0.25) is 5.91 Å². The van der Waals surface area contributed by atoms with Crippen molar-refractivity contribution in [1.29, 1.82) is 0 Å². The van der Waals surface area contributed by atoms with Crippen LogP contribution in [0.4, 0.5) is 0 Å². The Morgan fingerprint density at radius 3 is 2.58 bits per heavy atom. The van der Waals surface area contributed by atoms with Crippen LogP contribution in [-0.2, 0) is 11.3 Å². The van der Waals surface area contributed by atoms with Gasteiger partial charge in [0.1, 0.15) is 5.75 Å². The molecule has 8 heteroatoms. The lowest BCUT2D eigenvalue weighted by molar-refractivity contribution is -0.119. The van der Waals surface area contributed by atoms with Gasteiger partial charge < -0.3 is 15.0 Å². The third kappa shape index (κ3) is 5.75. The molecule has 4 rings (SSSR count). The van der Waals surface area contributed by atoms with Crippen LogP contribution in [0, 0.1) is 0 Å². The normalized spacial score (nSPS) is 15.0. The van der Waals surface area contributed by atoms with Crippen LogP contribution >= 0.6 is 11.8 Å². The summed E-state index contributed by atoms with van der Waals surface area (Å²) in [6, 6.07) is 15.2. The van der Waals surface area contributed by atoms with E-state index < -0.39 is 0 Å². The van der Waals surface area contributed by atoms with E-state index in [0.29, 0.717) is 22.6 Å². The molecule has 0 saturated carbocycles. The van der Waals surface area contributed by atoms with Gasteiger partial charge in [0.05, 0.1) is 30.3 Å². The minimum Gasteiger partial charge on any atom is -0.497 e. The minimum absolute atomic E-state index is 0.0200. The summed E-state index contributed by atoms with van der Waals surface area (Å²) < 4.78 is 6.89. The van der Waals surface area contributed by atoms with Crippen molar-refractivity contribution < 1.29 is 9.53 Å². The molecule has 174 valence electrons. The Morgan fingerprint density at radius 2 is 1.88 bits per heavy atom. The largest absolute Gasteiger partial charge is 0.497 e. The van der Waals surface area contributed by atoms with Gasteiger partial charge in [0.25, 0.3) is 5.56 Å². The smallest absolute Gasteiger partial charge is 0.262 e. The lowest BCUT2D eigenvalue weighted by Crippen LogP contribution is -2.45. The number of likely N-dealkylation sites (tertiary alicyclic amines) is 1. The fourth-order valence-corrected chi connectivity index (χ4v) is 4.91. The Balaban J connectivity index is 1.51. The quantitative estimate of drug-likeness (QED) is 0.406. The zero-order valence-electron chi connectivity index (χ0n) is 19.1. The first-order valence-electron chi connectivity index (χ1n) is 11.3. The Bertz CT molecular complexity index is 1150. The maximum atomic E-state index is 13.3. The molecule has 0 aliphatic carbocycles. The van der Waals surface area contributed by atoms with Gasteiger partial charge in [-0.25, -0.2) is 4.98 Å². The van der Waals surface area contributed by atoms with Gasteiger partial charge in [0.15, 0.2) is 5.16 Å². The van der Waals surface area contributed by atoms with Gasteiger partial charge in [-0.1, -0.05) is 43.0 Å². The van der Waals surface area contributed by atoms with E-state index in [0.717, 1.165) is 43.8 Å². The molecule has 7 nitrogen and oxygen atoms in total. The maximum Gasteiger partial charge on any atom is 0.262 e. The Morgan fingerprint density at radius 1 is 1.15 bits per heavy atom. The molecule has 1 aromatic heterocycles. The molecule has 1 amide bonds. The topological polar surface area (TPSA) is 76.5 Å². The molecular weight excluding hydrogens is 436 g/mol. The molecule has 0 unspecified atom stereocenters. The number of carbonyl (C=O) groups excluding carboxylic acids is 1. The summed E-state index contributed by atoms with van der Waals surface area (Å²) in [4.78, 5) is 33.0. The van der Waals surface area contributed by atoms with Crippen LogP contribution in [0.2, 0.25) is 0 Å². The summed E-state index contributed by atoms with van der Waals surface area (Å²) in [6.07, 6.45) is 1.95. The predicted octanol–water partition coefficient (Wildman–Crippen LogP) is 3.15. The molecular formula is C25H30N4O3S. The van der Waals surface area contributed by atoms with Crippen LogP contribution in [0.3, 0.4) is 0 Å². The molecule has 1 saturated heterocycles. The molecule has 0 radical (unpaired) electrons. The highest BCUT2D eigenvalue weighted by Gasteiger charge is 2.20. The number of carbonyl (C=O) groups is 1. The molecule has 0 spiro atoms. The average molecular weight is 467 g/mol. The number of hydrogen-bond acceptors (Lipinski definition) is 6. The predicted molar refractivity (Wildman–Crippen MR) is 132 cm³/mol. The lowest BCUT2D eigenvalue weighted by atomic mass is 10.1. The zero-order valence-corrected chi connectivity index (χ0v) is 19.9. The number of fused-ring (bicyclic) bond motifs is 1. The zero-order chi connectivity index (χ0) is 23.2. The van der Waals surface area contributed by atoms with E-state index in [1.807, 2.05) is 42.5 Å². The third-order valence-corrected chi connectivity index (χ3v) is 7.04. The standard InChI is InChI=1S/C25H30N4O3S/c1-3-28-14-12-19(13-15-28)26-23(30)17-33-25-27-22-7-5-4-6-21(22)24(31)29(25)16-18-8-10-20(32-2)11-9-18/h4-11,19H,3,12-17H2,1-2H3,(H,26,30). The summed E-state index contributed by atoms with van der Waals surface area (Å²) >= 11 is 1.31. The van der Waals surface area contributed by atoms with Crippen molar-refractivity contribution in [3.63, 3.8) is 0 Å². The second-order valence-corrected chi connectivity index (χ2v) is 9.16. The SMILES string of the molecule is CCN1CCC(NC(=O)CSc2nc3ccccc3c(=O)n2Cc2ccc(OC)cc2)CC1. The highest BCUT2D eigenvalue weighted by atomic mass is 32.2. The summed E-state index contributed by atoms with van der Waals surface area (Å²) in [5.74, 6) is 0.966. The number of benzene rings is 2. The lowest BCUT2D eigenvalue weighted by Gasteiger charge is -2.31. The summed E-state index contributed by atoms with van der Waals surface area (Å²) in [5.41, 5.74) is 1.50. The number of amides is 1. The molecule has 1 N–H and O–H groups in total. The van der Waals surface area contributed by atoms with E-state index in [9.17, 15) is 9.59 Å². The van der Waals surface area contributed by atoms with E-state index in [4.69, 9.17) is 9.72 Å². The second kappa shape index (κ2) is 10.9. The molecule has 1 aliphatic rings. The molecule has 1 aliphatic heterocycles. The van der Waals surface area contributed by atoms with Crippen LogP contribution in [0.1, 0.15) is 25.3 Å². The Labute approximate surface area is 198 Å². The van der Waals surface area contributed by atoms with Crippen LogP contribution in [0.15, 0.2) is 58.5 Å². The van der Waals surface area contributed by atoms with Gasteiger partial charge in [-0.05, 0) is 49.2 Å². The van der Waals surface area contributed by atoms with Crippen molar-refractivity contribution in [2.24, 2.45) is 0 Å². The van der Waals surface area contributed by atoms with E-state index >= 15 is 0 Å². The number of nitrogens with one attached hydrogen (secondary N) is 1. The van der Waals surface area contributed by atoms with E-state index in [1.165, 1.54) is 11.8 Å². The number of nitrogens with zero attached hydrogens (tertiary/aromatic N) is 3. The maximum absolute atomic E-state index is 13.3. The van der Waals surface area contributed by atoms with E-state index in [2.05, 4.69) is 17.1 Å². The molecule has 33 heavy (non-hydrogen) atoms. The number of hydrogen-bond donors (Lipinski definition) is 1. The van der Waals surface area contributed by atoms with E-state index in [-0.39, 0.29) is 23.3 Å². The average Bonchev–Trinajstić information content (AvgIpc) is 2.85.